The Kier molecular flexibility index (Phi) is 3.28. The lowest BCUT2D eigenvalue weighted by molar-refractivity contribution is 0.244. The molecule has 0 amide bonds. The van der Waals surface area contributed by atoms with Crippen LogP contribution >= 0.6 is 0 Å². The maximum Gasteiger partial charge on any atom is 0.144 e. The van der Waals surface area contributed by atoms with Crippen molar-refractivity contribution in [2.75, 3.05) is 5.73 Å². The average Bonchev–Trinajstić information content (AvgIpc) is 2.68. The zero-order valence-corrected chi connectivity index (χ0v) is 11.3. The van der Waals surface area contributed by atoms with Gasteiger partial charge in [-0.15, -0.1) is 0 Å². The fourth-order valence-corrected chi connectivity index (χ4v) is 1.95. The molecule has 0 atom stereocenters. The van der Waals surface area contributed by atoms with E-state index in [9.17, 15) is 0 Å². The lowest BCUT2D eigenvalue weighted by atomic mass is 10.1. The highest BCUT2D eigenvalue weighted by atomic mass is 16.5. The molecule has 0 saturated carbocycles. The van der Waals surface area contributed by atoms with E-state index in [2.05, 4.69) is 4.98 Å². The Balaban J connectivity index is 2.51. The molecule has 0 aliphatic carbocycles. The minimum absolute atomic E-state index is 0.103. The van der Waals surface area contributed by atoms with Crippen molar-refractivity contribution in [1.29, 1.82) is 0 Å². The summed E-state index contributed by atoms with van der Waals surface area (Å²) in [5.41, 5.74) is 8.80. The summed E-state index contributed by atoms with van der Waals surface area (Å²) in [6, 6.07) is 3.91. The number of hydrogen-bond donors (Lipinski definition) is 1. The Morgan fingerprint density at radius 2 is 2.00 bits per heavy atom. The van der Waals surface area contributed by atoms with Crippen LogP contribution in [0.1, 0.15) is 25.2 Å². The van der Waals surface area contributed by atoms with E-state index < -0.39 is 0 Å². The summed E-state index contributed by atoms with van der Waals surface area (Å²) in [6.45, 7) is 7.98. The normalized spacial score (nSPS) is 10.9. The van der Waals surface area contributed by atoms with E-state index in [0.29, 0.717) is 5.69 Å². The van der Waals surface area contributed by atoms with Crippen LogP contribution in [-0.2, 0) is 0 Å². The zero-order chi connectivity index (χ0) is 13.3. The second-order valence-corrected chi connectivity index (χ2v) is 4.69. The first kappa shape index (κ1) is 12.5. The lowest BCUT2D eigenvalue weighted by Crippen LogP contribution is -2.09. The van der Waals surface area contributed by atoms with Gasteiger partial charge in [0.05, 0.1) is 17.5 Å². The molecule has 2 aromatic rings. The van der Waals surface area contributed by atoms with Crippen molar-refractivity contribution >= 4 is 5.69 Å². The molecule has 1 heterocycles. The number of imidazole rings is 1. The highest BCUT2D eigenvalue weighted by molar-refractivity contribution is 5.61. The van der Waals surface area contributed by atoms with Gasteiger partial charge in [-0.3, -0.25) is 0 Å². The topological polar surface area (TPSA) is 53.1 Å². The van der Waals surface area contributed by atoms with Gasteiger partial charge in [-0.1, -0.05) is 0 Å². The van der Waals surface area contributed by atoms with Gasteiger partial charge in [0.15, 0.2) is 0 Å². The average molecular weight is 245 g/mol. The largest absolute Gasteiger partial charge is 0.489 e. The van der Waals surface area contributed by atoms with Crippen molar-refractivity contribution in [3.63, 3.8) is 0 Å². The second-order valence-electron chi connectivity index (χ2n) is 4.69. The summed E-state index contributed by atoms with van der Waals surface area (Å²) < 4.78 is 7.75. The molecule has 2 N–H and O–H groups in total. The van der Waals surface area contributed by atoms with E-state index in [1.807, 2.05) is 50.6 Å². The third kappa shape index (κ3) is 2.32. The summed E-state index contributed by atoms with van der Waals surface area (Å²) in [5.74, 6) is 1.66. The molecule has 2 rings (SSSR count). The van der Waals surface area contributed by atoms with Crippen molar-refractivity contribution in [2.24, 2.45) is 0 Å². The van der Waals surface area contributed by atoms with Crippen LogP contribution in [0.25, 0.3) is 5.69 Å². The molecule has 1 aromatic heterocycles. The van der Waals surface area contributed by atoms with E-state index in [1.54, 1.807) is 6.20 Å². The van der Waals surface area contributed by atoms with Gasteiger partial charge in [-0.05, 0) is 39.3 Å². The minimum atomic E-state index is 0.103. The van der Waals surface area contributed by atoms with Gasteiger partial charge in [0.25, 0.3) is 0 Å². The van der Waals surface area contributed by atoms with Gasteiger partial charge in [-0.25, -0.2) is 4.98 Å². The number of nitrogen functional groups attached to an aromatic ring is 1. The van der Waals surface area contributed by atoms with Gasteiger partial charge in [-0.2, -0.15) is 0 Å². The maximum absolute atomic E-state index is 5.98. The lowest BCUT2D eigenvalue weighted by Gasteiger charge is -2.16. The maximum atomic E-state index is 5.98. The molecule has 4 heteroatoms. The van der Waals surface area contributed by atoms with E-state index in [0.717, 1.165) is 22.8 Å². The zero-order valence-electron chi connectivity index (χ0n) is 11.3. The summed E-state index contributed by atoms with van der Waals surface area (Å²) in [4.78, 5) is 4.24. The Hall–Kier alpha value is -1.97. The van der Waals surface area contributed by atoms with Crippen LogP contribution < -0.4 is 10.5 Å². The summed E-state index contributed by atoms with van der Waals surface area (Å²) in [6.07, 6.45) is 3.83. The molecule has 0 aliphatic heterocycles. The Bertz CT molecular complexity index is 558. The molecule has 0 spiro atoms. The Morgan fingerprint density at radius 1 is 1.28 bits per heavy atom. The third-order valence-corrected chi connectivity index (χ3v) is 2.78. The van der Waals surface area contributed by atoms with Crippen LogP contribution in [0, 0.1) is 13.8 Å². The second kappa shape index (κ2) is 4.72. The fourth-order valence-electron chi connectivity index (χ4n) is 1.95. The van der Waals surface area contributed by atoms with E-state index in [1.165, 1.54) is 0 Å². The van der Waals surface area contributed by atoms with Gasteiger partial charge in [0.1, 0.15) is 11.6 Å². The molecule has 96 valence electrons. The van der Waals surface area contributed by atoms with Gasteiger partial charge < -0.3 is 15.0 Å². The standard InChI is InChI=1S/C14H19N3O/c1-9(2)18-14-8-13(10(3)7-12(14)15)17-6-5-16-11(17)4/h5-9H,15H2,1-4H3. The monoisotopic (exact) mass is 245 g/mol. The van der Waals surface area contributed by atoms with E-state index >= 15 is 0 Å². The smallest absolute Gasteiger partial charge is 0.144 e. The van der Waals surface area contributed by atoms with Crippen LogP contribution in [0.5, 0.6) is 5.75 Å². The van der Waals surface area contributed by atoms with Crippen LogP contribution in [0.15, 0.2) is 24.5 Å². The van der Waals surface area contributed by atoms with Crippen molar-refractivity contribution < 1.29 is 4.74 Å². The molecule has 0 radical (unpaired) electrons. The van der Waals surface area contributed by atoms with Crippen LogP contribution in [-0.4, -0.2) is 15.7 Å². The molecule has 0 fully saturated rings. The Morgan fingerprint density at radius 3 is 2.56 bits per heavy atom. The molecular weight excluding hydrogens is 226 g/mol. The molecule has 4 nitrogen and oxygen atoms in total. The highest BCUT2D eigenvalue weighted by Crippen LogP contribution is 2.29. The molecule has 0 aliphatic rings. The number of anilines is 1. The summed E-state index contributed by atoms with van der Waals surface area (Å²) in [7, 11) is 0. The number of benzene rings is 1. The number of nitrogens with two attached hydrogens (primary N) is 1. The van der Waals surface area contributed by atoms with Gasteiger partial charge in [0, 0.05) is 18.5 Å². The van der Waals surface area contributed by atoms with Gasteiger partial charge in [0.2, 0.25) is 0 Å². The Labute approximate surface area is 107 Å². The highest BCUT2D eigenvalue weighted by Gasteiger charge is 2.10. The number of hydrogen-bond acceptors (Lipinski definition) is 3. The third-order valence-electron chi connectivity index (χ3n) is 2.78. The SMILES string of the molecule is Cc1cc(N)c(OC(C)C)cc1-n1ccnc1C. The molecule has 0 saturated heterocycles. The van der Waals surface area contributed by atoms with Crippen molar-refractivity contribution in [3.05, 3.63) is 35.9 Å². The number of aromatic nitrogens is 2. The number of aryl methyl sites for hydroxylation is 2. The minimum Gasteiger partial charge on any atom is -0.489 e. The summed E-state index contributed by atoms with van der Waals surface area (Å²) >= 11 is 0. The van der Waals surface area contributed by atoms with Crippen molar-refractivity contribution in [2.45, 2.75) is 33.8 Å². The van der Waals surface area contributed by atoms with Crippen LogP contribution in [0.2, 0.25) is 0 Å². The predicted octanol–water partition coefficient (Wildman–Crippen LogP) is 2.86. The van der Waals surface area contributed by atoms with E-state index in [4.69, 9.17) is 10.5 Å². The van der Waals surface area contributed by atoms with Crippen LogP contribution in [0.3, 0.4) is 0 Å². The molecular formula is C14H19N3O. The first-order valence-corrected chi connectivity index (χ1v) is 6.06. The first-order valence-electron chi connectivity index (χ1n) is 6.06. The fraction of sp³-hybridized carbons (Fsp3) is 0.357. The predicted molar refractivity (Wildman–Crippen MR) is 73.2 cm³/mol. The van der Waals surface area contributed by atoms with Crippen molar-refractivity contribution in [3.8, 4) is 11.4 Å². The molecule has 1 aromatic carbocycles. The van der Waals surface area contributed by atoms with Crippen molar-refractivity contribution in [1.82, 2.24) is 9.55 Å². The number of nitrogens with zero attached hydrogens (tertiary/aromatic N) is 2. The summed E-state index contributed by atoms with van der Waals surface area (Å²) in [5, 5.41) is 0. The van der Waals surface area contributed by atoms with E-state index in [-0.39, 0.29) is 6.10 Å². The number of rotatable bonds is 3. The number of ether oxygens (including phenoxy) is 1. The molecule has 0 bridgehead atoms. The first-order chi connectivity index (χ1) is 8.49. The van der Waals surface area contributed by atoms with Crippen LogP contribution in [0.4, 0.5) is 5.69 Å². The molecule has 0 unspecified atom stereocenters. The molecule has 18 heavy (non-hydrogen) atoms. The van der Waals surface area contributed by atoms with Gasteiger partial charge >= 0.3 is 0 Å². The quantitative estimate of drug-likeness (QED) is 0.846.